The van der Waals surface area contributed by atoms with Gasteiger partial charge in [-0.3, -0.25) is 4.79 Å². The molecule has 0 radical (unpaired) electrons. The molecule has 0 aromatic heterocycles. The van der Waals surface area contributed by atoms with E-state index in [0.29, 0.717) is 6.54 Å². The molecule has 1 aliphatic heterocycles. The lowest BCUT2D eigenvalue weighted by Gasteiger charge is -2.25. The van der Waals surface area contributed by atoms with Crippen molar-refractivity contribution in [3.05, 3.63) is 35.4 Å². The van der Waals surface area contributed by atoms with E-state index in [1.165, 1.54) is 11.1 Å². The lowest BCUT2D eigenvalue weighted by molar-refractivity contribution is -0.123. The molecule has 2 rings (SSSR count). The van der Waals surface area contributed by atoms with Crippen LogP contribution in [0, 0.1) is 0 Å². The van der Waals surface area contributed by atoms with Gasteiger partial charge in [0.1, 0.15) is 0 Å². The second-order valence-electron chi connectivity index (χ2n) is 5.00. The van der Waals surface area contributed by atoms with Crippen LogP contribution in [0.2, 0.25) is 0 Å². The summed E-state index contributed by atoms with van der Waals surface area (Å²) in [6, 6.07) is 8.20. The zero-order valence-electron chi connectivity index (χ0n) is 11.5. The number of benzene rings is 1. The summed E-state index contributed by atoms with van der Waals surface area (Å²) in [6.07, 6.45) is 0.782. The average Bonchev–Trinajstić information content (AvgIpc) is 2.37. The molecule has 0 saturated heterocycles. The van der Waals surface area contributed by atoms with Gasteiger partial charge in [0.25, 0.3) is 0 Å². The maximum atomic E-state index is 12.0. The third-order valence-electron chi connectivity index (χ3n) is 3.26. The Kier molecular flexibility index (Phi) is 6.28. The highest BCUT2D eigenvalue weighted by molar-refractivity contribution is 5.85. The second-order valence-corrected chi connectivity index (χ2v) is 5.00. The summed E-state index contributed by atoms with van der Waals surface area (Å²) in [4.78, 5) is 14.1. The molecule has 106 valence electrons. The Balaban J connectivity index is 0.00000180. The van der Waals surface area contributed by atoms with Crippen LogP contribution in [0.4, 0.5) is 0 Å². The molecule has 2 N–H and O–H groups in total. The van der Waals surface area contributed by atoms with Gasteiger partial charge in [0.2, 0.25) is 5.91 Å². The zero-order chi connectivity index (χ0) is 13.0. The van der Waals surface area contributed by atoms with Gasteiger partial charge in [0.05, 0.1) is 6.04 Å². The van der Waals surface area contributed by atoms with Crippen LogP contribution in [-0.2, 0) is 17.8 Å². The number of carbonyl (C=O) groups is 1. The minimum atomic E-state index is -0.0953. The lowest BCUT2D eigenvalue weighted by Crippen LogP contribution is -2.48. The summed E-state index contributed by atoms with van der Waals surface area (Å²) in [7, 11) is 4.00. The van der Waals surface area contributed by atoms with E-state index < -0.39 is 0 Å². The van der Waals surface area contributed by atoms with Gasteiger partial charge < -0.3 is 15.5 Å². The van der Waals surface area contributed by atoms with Crippen LogP contribution in [0.3, 0.4) is 0 Å². The predicted molar refractivity (Wildman–Crippen MR) is 79.6 cm³/mol. The first-order chi connectivity index (χ1) is 8.66. The number of hydrogen-bond acceptors (Lipinski definition) is 3. The molecule has 1 unspecified atom stereocenters. The van der Waals surface area contributed by atoms with Crippen molar-refractivity contribution in [1.29, 1.82) is 0 Å². The Morgan fingerprint density at radius 3 is 2.74 bits per heavy atom. The Labute approximate surface area is 121 Å². The molecular weight excluding hydrogens is 262 g/mol. The highest BCUT2D eigenvalue weighted by Crippen LogP contribution is 2.16. The fourth-order valence-electron chi connectivity index (χ4n) is 2.17. The van der Waals surface area contributed by atoms with Crippen molar-refractivity contribution in [1.82, 2.24) is 15.5 Å². The molecule has 19 heavy (non-hydrogen) atoms. The first-order valence-corrected chi connectivity index (χ1v) is 6.39. The highest BCUT2D eigenvalue weighted by atomic mass is 35.5. The molecule has 0 aliphatic carbocycles. The summed E-state index contributed by atoms with van der Waals surface area (Å²) in [5.74, 6) is 0.103. The van der Waals surface area contributed by atoms with Gasteiger partial charge >= 0.3 is 0 Å². The second kappa shape index (κ2) is 7.48. The van der Waals surface area contributed by atoms with E-state index in [1.807, 2.05) is 26.2 Å². The van der Waals surface area contributed by atoms with E-state index in [0.717, 1.165) is 19.5 Å². The summed E-state index contributed by atoms with van der Waals surface area (Å²) in [5.41, 5.74) is 2.58. The first kappa shape index (κ1) is 16.0. The summed E-state index contributed by atoms with van der Waals surface area (Å²) in [5, 5.41) is 6.26. The molecule has 1 amide bonds. The maximum absolute atomic E-state index is 12.0. The topological polar surface area (TPSA) is 44.4 Å². The number of likely N-dealkylation sites (N-methyl/N-ethyl adjacent to an activating group) is 1. The van der Waals surface area contributed by atoms with Gasteiger partial charge in [0.15, 0.2) is 0 Å². The fraction of sp³-hybridized carbons (Fsp3) is 0.500. The normalized spacial score (nSPS) is 17.5. The number of hydrogen-bond donors (Lipinski definition) is 2. The van der Waals surface area contributed by atoms with E-state index in [-0.39, 0.29) is 24.4 Å². The number of nitrogens with one attached hydrogen (secondary N) is 2. The van der Waals surface area contributed by atoms with Gasteiger partial charge in [-0.2, -0.15) is 0 Å². The summed E-state index contributed by atoms with van der Waals surface area (Å²) >= 11 is 0. The Hall–Kier alpha value is -1.10. The van der Waals surface area contributed by atoms with Crippen LogP contribution in [0.25, 0.3) is 0 Å². The molecule has 0 bridgehead atoms. The van der Waals surface area contributed by atoms with Crippen molar-refractivity contribution in [2.75, 3.05) is 27.2 Å². The van der Waals surface area contributed by atoms with Crippen LogP contribution < -0.4 is 10.6 Å². The molecule has 1 aromatic carbocycles. The molecule has 1 aliphatic rings. The van der Waals surface area contributed by atoms with Gasteiger partial charge in [-0.25, -0.2) is 0 Å². The maximum Gasteiger partial charge on any atom is 0.237 e. The van der Waals surface area contributed by atoms with Crippen molar-refractivity contribution in [3.8, 4) is 0 Å². The third-order valence-corrected chi connectivity index (χ3v) is 3.26. The van der Waals surface area contributed by atoms with Crippen LogP contribution in [0.1, 0.15) is 11.1 Å². The number of amides is 1. The SMILES string of the molecule is CN(C)CCNC(=O)C1Cc2ccccc2CN1.Cl. The lowest BCUT2D eigenvalue weighted by atomic mass is 9.95. The van der Waals surface area contributed by atoms with Crippen molar-refractivity contribution >= 4 is 18.3 Å². The first-order valence-electron chi connectivity index (χ1n) is 6.39. The van der Waals surface area contributed by atoms with Gasteiger partial charge in [0, 0.05) is 19.6 Å². The van der Waals surface area contributed by atoms with Gasteiger partial charge in [-0.15, -0.1) is 12.4 Å². The number of halogens is 1. The van der Waals surface area contributed by atoms with E-state index >= 15 is 0 Å². The van der Waals surface area contributed by atoms with Gasteiger partial charge in [-0.05, 0) is 31.6 Å². The van der Waals surface area contributed by atoms with E-state index in [4.69, 9.17) is 0 Å². The molecule has 0 saturated carbocycles. The smallest absolute Gasteiger partial charge is 0.237 e. The van der Waals surface area contributed by atoms with E-state index in [9.17, 15) is 4.79 Å². The molecule has 1 atom stereocenters. The average molecular weight is 284 g/mol. The predicted octanol–water partition coefficient (Wildman–Crippen LogP) is 0.800. The Bertz CT molecular complexity index is 423. The van der Waals surface area contributed by atoms with Crippen LogP contribution >= 0.6 is 12.4 Å². The van der Waals surface area contributed by atoms with Crippen LogP contribution in [0.5, 0.6) is 0 Å². The fourth-order valence-corrected chi connectivity index (χ4v) is 2.17. The number of fused-ring (bicyclic) bond motifs is 1. The number of nitrogens with zero attached hydrogens (tertiary/aromatic N) is 1. The molecule has 0 spiro atoms. The standard InChI is InChI=1S/C14H21N3O.ClH/c1-17(2)8-7-15-14(18)13-9-11-5-3-4-6-12(11)10-16-13;/h3-6,13,16H,7-10H2,1-2H3,(H,15,18);1H. The quantitative estimate of drug-likeness (QED) is 0.859. The molecule has 1 heterocycles. The van der Waals surface area contributed by atoms with Crippen molar-refractivity contribution in [2.24, 2.45) is 0 Å². The monoisotopic (exact) mass is 283 g/mol. The highest BCUT2D eigenvalue weighted by Gasteiger charge is 2.23. The van der Waals surface area contributed by atoms with E-state index in [1.54, 1.807) is 0 Å². The van der Waals surface area contributed by atoms with Gasteiger partial charge in [-0.1, -0.05) is 24.3 Å². The van der Waals surface area contributed by atoms with Crippen molar-refractivity contribution in [3.63, 3.8) is 0 Å². The number of carbonyl (C=O) groups excluding carboxylic acids is 1. The third kappa shape index (κ3) is 4.49. The summed E-state index contributed by atoms with van der Waals surface area (Å²) in [6.45, 7) is 2.35. The van der Waals surface area contributed by atoms with E-state index in [2.05, 4.69) is 27.7 Å². The van der Waals surface area contributed by atoms with Crippen molar-refractivity contribution < 1.29 is 4.79 Å². The molecule has 1 aromatic rings. The Morgan fingerprint density at radius 1 is 1.37 bits per heavy atom. The minimum absolute atomic E-state index is 0. The van der Waals surface area contributed by atoms with Crippen molar-refractivity contribution in [2.45, 2.75) is 19.0 Å². The Morgan fingerprint density at radius 2 is 2.05 bits per heavy atom. The number of rotatable bonds is 4. The van der Waals surface area contributed by atoms with Crippen LogP contribution in [0.15, 0.2) is 24.3 Å². The minimum Gasteiger partial charge on any atom is -0.353 e. The molecule has 0 fully saturated rings. The largest absolute Gasteiger partial charge is 0.353 e. The summed E-state index contributed by atoms with van der Waals surface area (Å²) < 4.78 is 0. The molecule has 4 nitrogen and oxygen atoms in total. The van der Waals surface area contributed by atoms with Crippen LogP contribution in [-0.4, -0.2) is 44.0 Å². The molecule has 5 heteroatoms. The zero-order valence-corrected chi connectivity index (χ0v) is 12.3. The molecular formula is C14H22ClN3O.